The highest BCUT2D eigenvalue weighted by Gasteiger charge is 2.13. The fourth-order valence-corrected chi connectivity index (χ4v) is 2.01. The second-order valence-electron chi connectivity index (χ2n) is 4.20. The second kappa shape index (κ2) is 5.03. The molecule has 80 valence electrons. The third-order valence-corrected chi connectivity index (χ3v) is 2.80. The lowest BCUT2D eigenvalue weighted by Crippen LogP contribution is -2.30. The Balaban J connectivity index is 1.93. The van der Waals surface area contributed by atoms with Crippen LogP contribution in [-0.2, 0) is 0 Å². The largest absolute Gasteiger partial charge is 0.306 e. The van der Waals surface area contributed by atoms with Crippen molar-refractivity contribution in [2.75, 3.05) is 20.1 Å². The van der Waals surface area contributed by atoms with Gasteiger partial charge in [0.25, 0.3) is 0 Å². The van der Waals surface area contributed by atoms with Crippen LogP contribution in [0.15, 0.2) is 24.8 Å². The van der Waals surface area contributed by atoms with E-state index in [0.29, 0.717) is 5.92 Å². The number of piperidine rings is 1. The maximum absolute atomic E-state index is 3.99. The highest BCUT2D eigenvalue weighted by atomic mass is 15.1. The third kappa shape index (κ3) is 3.13. The van der Waals surface area contributed by atoms with Gasteiger partial charge in [-0.1, -0.05) is 12.2 Å². The molecule has 0 N–H and O–H groups in total. The average molecular weight is 203 g/mol. The molecule has 1 saturated heterocycles. The first-order valence-corrected chi connectivity index (χ1v) is 5.46. The zero-order valence-corrected chi connectivity index (χ0v) is 9.13. The second-order valence-corrected chi connectivity index (χ2v) is 4.20. The van der Waals surface area contributed by atoms with Gasteiger partial charge in [0.2, 0.25) is 0 Å². The summed E-state index contributed by atoms with van der Waals surface area (Å²) >= 11 is 0. The van der Waals surface area contributed by atoms with Crippen molar-refractivity contribution in [1.29, 1.82) is 0 Å². The zero-order chi connectivity index (χ0) is 10.5. The van der Waals surface area contributed by atoms with Crippen LogP contribution in [0.4, 0.5) is 0 Å². The predicted molar refractivity (Wildman–Crippen MR) is 61.3 cm³/mol. The molecule has 2 heterocycles. The number of likely N-dealkylation sites (tertiary alicyclic amines) is 1. The monoisotopic (exact) mass is 203 g/mol. The van der Waals surface area contributed by atoms with E-state index >= 15 is 0 Å². The van der Waals surface area contributed by atoms with Gasteiger partial charge in [-0.25, -0.2) is 9.97 Å². The summed E-state index contributed by atoms with van der Waals surface area (Å²) in [5.74, 6) is 0.684. The van der Waals surface area contributed by atoms with Gasteiger partial charge in [-0.3, -0.25) is 0 Å². The lowest BCUT2D eigenvalue weighted by Gasteiger charge is -2.27. The molecule has 0 saturated carbocycles. The van der Waals surface area contributed by atoms with E-state index in [4.69, 9.17) is 0 Å². The van der Waals surface area contributed by atoms with Crippen LogP contribution in [0.3, 0.4) is 0 Å². The van der Waals surface area contributed by atoms with Crippen molar-refractivity contribution < 1.29 is 0 Å². The van der Waals surface area contributed by atoms with E-state index in [0.717, 1.165) is 5.56 Å². The van der Waals surface area contributed by atoms with Gasteiger partial charge in [0.15, 0.2) is 0 Å². The molecule has 2 rings (SSSR count). The van der Waals surface area contributed by atoms with Gasteiger partial charge in [0, 0.05) is 24.5 Å². The van der Waals surface area contributed by atoms with Crippen LogP contribution in [0, 0.1) is 5.92 Å². The summed E-state index contributed by atoms with van der Waals surface area (Å²) in [6.07, 6.45) is 12.3. The van der Waals surface area contributed by atoms with E-state index in [1.807, 2.05) is 12.4 Å². The molecule has 3 heteroatoms. The maximum atomic E-state index is 3.99. The van der Waals surface area contributed by atoms with E-state index in [-0.39, 0.29) is 0 Å². The normalized spacial score (nSPS) is 23.4. The van der Waals surface area contributed by atoms with Gasteiger partial charge < -0.3 is 4.90 Å². The van der Waals surface area contributed by atoms with Gasteiger partial charge in [0.05, 0.1) is 0 Å². The Morgan fingerprint density at radius 2 is 2.20 bits per heavy atom. The minimum Gasteiger partial charge on any atom is -0.306 e. The molecule has 0 spiro atoms. The number of hydrogen-bond acceptors (Lipinski definition) is 3. The van der Waals surface area contributed by atoms with E-state index < -0.39 is 0 Å². The van der Waals surface area contributed by atoms with E-state index in [1.54, 1.807) is 6.33 Å². The zero-order valence-electron chi connectivity index (χ0n) is 9.13. The topological polar surface area (TPSA) is 29.0 Å². The Bertz CT molecular complexity index is 321. The fraction of sp³-hybridized carbons (Fsp3) is 0.500. The Morgan fingerprint density at radius 3 is 2.93 bits per heavy atom. The Morgan fingerprint density at radius 1 is 1.40 bits per heavy atom. The van der Waals surface area contributed by atoms with Crippen LogP contribution in [0.1, 0.15) is 18.4 Å². The van der Waals surface area contributed by atoms with Crippen molar-refractivity contribution in [1.82, 2.24) is 14.9 Å². The van der Waals surface area contributed by atoms with E-state index in [1.165, 1.54) is 25.9 Å². The molecule has 1 aromatic rings. The van der Waals surface area contributed by atoms with Gasteiger partial charge in [-0.05, 0) is 32.4 Å². The number of aromatic nitrogens is 2. The SMILES string of the molecule is CN1CCC[C@H](/C=C/c2cncnc2)C1. The molecule has 0 aromatic carbocycles. The Hall–Kier alpha value is -1.22. The van der Waals surface area contributed by atoms with Gasteiger partial charge in [0.1, 0.15) is 6.33 Å². The van der Waals surface area contributed by atoms with Crippen LogP contribution < -0.4 is 0 Å². The summed E-state index contributed by atoms with van der Waals surface area (Å²) < 4.78 is 0. The highest BCUT2D eigenvalue weighted by Crippen LogP contribution is 2.17. The maximum Gasteiger partial charge on any atom is 0.115 e. The molecule has 0 radical (unpaired) electrons. The van der Waals surface area contributed by atoms with Gasteiger partial charge >= 0.3 is 0 Å². The molecule has 0 amide bonds. The van der Waals surface area contributed by atoms with E-state index in [2.05, 4.69) is 34.1 Å². The summed E-state index contributed by atoms with van der Waals surface area (Å²) in [6.45, 7) is 2.41. The average Bonchev–Trinajstić information content (AvgIpc) is 2.28. The molecule has 1 aliphatic rings. The predicted octanol–water partition coefficient (Wildman–Crippen LogP) is 1.83. The van der Waals surface area contributed by atoms with Crippen molar-refractivity contribution >= 4 is 6.08 Å². The highest BCUT2D eigenvalue weighted by molar-refractivity contribution is 5.46. The fourth-order valence-electron chi connectivity index (χ4n) is 2.01. The Labute approximate surface area is 90.9 Å². The molecule has 0 aliphatic carbocycles. The quantitative estimate of drug-likeness (QED) is 0.734. The third-order valence-electron chi connectivity index (χ3n) is 2.80. The smallest absolute Gasteiger partial charge is 0.115 e. The van der Waals surface area contributed by atoms with Crippen LogP contribution in [0.25, 0.3) is 6.08 Å². The first kappa shape index (κ1) is 10.3. The number of rotatable bonds is 2. The molecule has 15 heavy (non-hydrogen) atoms. The standard InChI is InChI=1S/C12H17N3/c1-15-6-2-3-11(9-15)4-5-12-7-13-10-14-8-12/h4-5,7-8,10-11H,2-3,6,9H2,1H3/b5-4+/t11-/m1/s1. The minimum absolute atomic E-state index is 0.684. The van der Waals surface area contributed by atoms with Crippen LogP contribution >= 0.6 is 0 Å². The molecular formula is C12H17N3. The van der Waals surface area contributed by atoms with Crippen molar-refractivity contribution in [2.45, 2.75) is 12.8 Å². The lowest BCUT2D eigenvalue weighted by molar-refractivity contribution is 0.238. The molecule has 1 atom stereocenters. The van der Waals surface area contributed by atoms with Crippen molar-refractivity contribution in [3.63, 3.8) is 0 Å². The van der Waals surface area contributed by atoms with Crippen molar-refractivity contribution in [3.8, 4) is 0 Å². The molecule has 1 aliphatic heterocycles. The van der Waals surface area contributed by atoms with Crippen molar-refractivity contribution in [3.05, 3.63) is 30.4 Å². The molecule has 3 nitrogen and oxygen atoms in total. The van der Waals surface area contributed by atoms with Crippen molar-refractivity contribution in [2.24, 2.45) is 5.92 Å². The summed E-state index contributed by atoms with van der Waals surface area (Å²) in [7, 11) is 2.19. The van der Waals surface area contributed by atoms with Crippen LogP contribution in [0.5, 0.6) is 0 Å². The molecule has 0 bridgehead atoms. The summed E-state index contributed by atoms with van der Waals surface area (Å²) in [5, 5.41) is 0. The lowest BCUT2D eigenvalue weighted by atomic mass is 9.97. The first-order valence-electron chi connectivity index (χ1n) is 5.46. The summed E-state index contributed by atoms with van der Waals surface area (Å²) in [5.41, 5.74) is 1.09. The van der Waals surface area contributed by atoms with E-state index in [9.17, 15) is 0 Å². The molecular weight excluding hydrogens is 186 g/mol. The first-order chi connectivity index (χ1) is 7.34. The Kier molecular flexibility index (Phi) is 3.45. The minimum atomic E-state index is 0.684. The summed E-state index contributed by atoms with van der Waals surface area (Å²) in [6, 6.07) is 0. The van der Waals surface area contributed by atoms with Gasteiger partial charge in [-0.15, -0.1) is 0 Å². The van der Waals surface area contributed by atoms with Crippen LogP contribution in [0.2, 0.25) is 0 Å². The molecule has 0 unspecified atom stereocenters. The molecule has 1 aromatic heterocycles. The van der Waals surface area contributed by atoms with Crippen LogP contribution in [-0.4, -0.2) is 35.0 Å². The van der Waals surface area contributed by atoms with Gasteiger partial charge in [-0.2, -0.15) is 0 Å². The molecule has 1 fully saturated rings. The number of hydrogen-bond donors (Lipinski definition) is 0. The number of nitrogens with zero attached hydrogens (tertiary/aromatic N) is 3. The summed E-state index contributed by atoms with van der Waals surface area (Å²) in [4.78, 5) is 10.4.